The Morgan fingerprint density at radius 2 is 1.78 bits per heavy atom. The van der Waals surface area contributed by atoms with Crippen LogP contribution in [0.25, 0.3) is 0 Å². The van der Waals surface area contributed by atoms with E-state index in [0.717, 1.165) is 31.0 Å². The predicted octanol–water partition coefficient (Wildman–Crippen LogP) is 0.943. The summed E-state index contributed by atoms with van der Waals surface area (Å²) in [5.41, 5.74) is 0.569. The molecule has 0 aromatic carbocycles. The predicted molar refractivity (Wildman–Crippen MR) is 71.3 cm³/mol. The number of hydrogen-bond acceptors (Lipinski definition) is 2. The third kappa shape index (κ3) is 1.22. The zero-order valence-corrected chi connectivity index (χ0v) is 11.9. The van der Waals surface area contributed by atoms with E-state index in [1.54, 1.807) is 4.81 Å². The molecule has 1 N–H and O–H groups in total. The van der Waals surface area contributed by atoms with Crippen LogP contribution in [0, 0.1) is 23.2 Å². The lowest BCUT2D eigenvalue weighted by Gasteiger charge is -2.65. The van der Waals surface area contributed by atoms with E-state index in [9.17, 15) is 0 Å². The number of hydrogen-bond donors (Lipinski definition) is 1. The highest BCUT2D eigenvalue weighted by atomic mass is 16.6. The van der Waals surface area contributed by atoms with Crippen LogP contribution in [0.4, 0.5) is 0 Å². The van der Waals surface area contributed by atoms with Gasteiger partial charge in [-0.1, -0.05) is 33.1 Å². The maximum absolute atomic E-state index is 6.21. The van der Waals surface area contributed by atoms with Crippen LogP contribution >= 0.6 is 0 Å². The van der Waals surface area contributed by atoms with Crippen molar-refractivity contribution in [1.82, 2.24) is 0 Å². The molecule has 0 unspecified atom stereocenters. The van der Waals surface area contributed by atoms with Crippen molar-refractivity contribution in [3.8, 4) is 0 Å². The Morgan fingerprint density at radius 3 is 2.33 bits per heavy atom. The van der Waals surface area contributed by atoms with Crippen LogP contribution in [0.3, 0.4) is 0 Å². The van der Waals surface area contributed by atoms with Gasteiger partial charge < -0.3 is 14.1 Å². The summed E-state index contributed by atoms with van der Waals surface area (Å²) in [4.78, 5) is 1.63. The Bertz CT molecular complexity index is 363. The summed E-state index contributed by atoms with van der Waals surface area (Å²) >= 11 is 0. The second-order valence-electron chi connectivity index (χ2n) is 7.79. The summed E-state index contributed by atoms with van der Waals surface area (Å²) in [6.07, 6.45) is 2.79. The summed E-state index contributed by atoms with van der Waals surface area (Å²) in [5.74, 6) is 3.26. The van der Waals surface area contributed by atoms with Gasteiger partial charge in [-0.2, -0.15) is 0 Å². The minimum atomic E-state index is -1.00. The van der Waals surface area contributed by atoms with Crippen molar-refractivity contribution in [2.75, 3.05) is 26.3 Å². The minimum absolute atomic E-state index is 0.569. The summed E-state index contributed by atoms with van der Waals surface area (Å²) < 4.78 is 12.4. The Morgan fingerprint density at radius 1 is 1.11 bits per heavy atom. The molecule has 102 valence electrons. The molecule has 2 bridgehead atoms. The topological polar surface area (TPSA) is 22.9 Å². The normalized spacial score (nSPS) is 57.2. The zero-order chi connectivity index (χ0) is 12.5. The molecule has 2 aliphatic heterocycles. The van der Waals surface area contributed by atoms with E-state index >= 15 is 0 Å². The van der Waals surface area contributed by atoms with Crippen LogP contribution in [0.1, 0.15) is 33.6 Å². The van der Waals surface area contributed by atoms with Crippen LogP contribution < -0.4 is 4.81 Å². The van der Waals surface area contributed by atoms with Crippen molar-refractivity contribution in [3.63, 3.8) is 0 Å². The van der Waals surface area contributed by atoms with E-state index in [0.29, 0.717) is 11.2 Å². The summed E-state index contributed by atoms with van der Waals surface area (Å²) in [6.45, 7) is 10.6. The molecule has 0 aromatic rings. The number of nitrogens with one attached hydrogen (secondary N) is 1. The van der Waals surface area contributed by atoms with Crippen molar-refractivity contribution < 1.29 is 14.1 Å². The molecule has 3 nitrogen and oxygen atoms in total. The van der Waals surface area contributed by atoms with Gasteiger partial charge in [0.2, 0.25) is 0 Å². The van der Waals surface area contributed by atoms with E-state index in [1.165, 1.54) is 25.9 Å². The smallest absolute Gasteiger partial charge is 0.474 e. The van der Waals surface area contributed by atoms with Crippen molar-refractivity contribution in [2.45, 2.75) is 39.4 Å². The lowest BCUT2D eigenvalue weighted by Crippen LogP contribution is -3.20. The first-order chi connectivity index (χ1) is 8.56. The third-order valence-electron chi connectivity index (χ3n) is 7.12. The maximum atomic E-state index is 6.21. The van der Waals surface area contributed by atoms with Crippen molar-refractivity contribution >= 4 is 6.69 Å². The van der Waals surface area contributed by atoms with Gasteiger partial charge >= 0.3 is 6.69 Å². The monoisotopic (exact) mass is 251 g/mol. The summed E-state index contributed by atoms with van der Waals surface area (Å²) in [6, 6.07) is 0. The molecule has 5 rings (SSSR count). The fraction of sp³-hybridized carbons (Fsp3) is 1.00. The van der Waals surface area contributed by atoms with Gasteiger partial charge in [-0.3, -0.25) is 0 Å². The molecule has 18 heavy (non-hydrogen) atoms. The molecule has 3 aliphatic carbocycles. The maximum Gasteiger partial charge on any atom is 0.474 e. The second-order valence-corrected chi connectivity index (χ2v) is 7.79. The fourth-order valence-electron chi connectivity index (χ4n) is 5.86. The second kappa shape index (κ2) is 3.53. The van der Waals surface area contributed by atoms with Gasteiger partial charge in [-0.05, 0) is 29.5 Å². The van der Waals surface area contributed by atoms with Gasteiger partial charge in [0.1, 0.15) is 0 Å². The van der Waals surface area contributed by atoms with Gasteiger partial charge in [-0.25, -0.2) is 0 Å². The first-order valence-electron chi connectivity index (χ1n) is 7.83. The van der Waals surface area contributed by atoms with Crippen LogP contribution in [0.5, 0.6) is 0 Å². The Hall–Kier alpha value is -0.0551. The molecule has 4 heteroatoms. The van der Waals surface area contributed by atoms with Crippen LogP contribution in [-0.2, 0) is 9.31 Å². The lowest BCUT2D eigenvalue weighted by molar-refractivity contribution is -0.785. The summed E-state index contributed by atoms with van der Waals surface area (Å²) in [5, 5.41) is 0. The van der Waals surface area contributed by atoms with Gasteiger partial charge in [0.05, 0.1) is 26.3 Å². The van der Waals surface area contributed by atoms with Gasteiger partial charge in [-0.15, -0.1) is 0 Å². The van der Waals surface area contributed by atoms with Gasteiger partial charge in [0.25, 0.3) is 0 Å². The highest BCUT2D eigenvalue weighted by Crippen LogP contribution is 2.66. The fourth-order valence-corrected chi connectivity index (χ4v) is 5.86. The van der Waals surface area contributed by atoms with Crippen molar-refractivity contribution in [2.24, 2.45) is 23.2 Å². The highest BCUT2D eigenvalue weighted by Gasteiger charge is 2.65. The Balaban J connectivity index is 1.63. The summed E-state index contributed by atoms with van der Waals surface area (Å²) in [7, 11) is 0. The Kier molecular flexibility index (Phi) is 2.30. The molecule has 2 heterocycles. The molecular formula is C14H26BNO2. The van der Waals surface area contributed by atoms with E-state index in [1.807, 2.05) is 0 Å². The largest absolute Gasteiger partial charge is 0.509 e. The first-order valence-corrected chi connectivity index (χ1v) is 7.83. The highest BCUT2D eigenvalue weighted by molar-refractivity contribution is 6.61. The van der Waals surface area contributed by atoms with Crippen molar-refractivity contribution in [1.29, 1.82) is 0 Å². The minimum Gasteiger partial charge on any atom is -0.509 e. The lowest BCUT2D eigenvalue weighted by atomic mass is 9.35. The molecule has 2 saturated heterocycles. The van der Waals surface area contributed by atoms with Gasteiger partial charge in [0, 0.05) is 0 Å². The van der Waals surface area contributed by atoms with E-state index < -0.39 is 6.69 Å². The quantitative estimate of drug-likeness (QED) is 0.701. The van der Waals surface area contributed by atoms with Crippen LogP contribution in [0.2, 0.25) is 5.82 Å². The number of rotatable bonds is 1. The molecule has 3 saturated carbocycles. The van der Waals surface area contributed by atoms with E-state index in [-0.39, 0.29) is 0 Å². The molecule has 0 aromatic heterocycles. The standard InChI is InChI=1S/C14H26BNO2/c1-10-12-8-11(14(12,2)3)9-13(10)15-16(4-6-17-15)5-7-18-15/h10-13,16H,4-9H2,1-3H3/t10-,11+,12-,13+/m1/s1. The molecule has 0 radical (unpaired) electrons. The molecular weight excluding hydrogens is 225 g/mol. The average molecular weight is 251 g/mol. The SMILES string of the molecule is C[C@@H]1[C@H]2C[C@@H](C[C@@H]1[B-]13OCC[NH+]1CCO3)C2(C)C. The van der Waals surface area contributed by atoms with Gasteiger partial charge in [0.15, 0.2) is 0 Å². The Labute approximate surface area is 110 Å². The third-order valence-corrected chi connectivity index (χ3v) is 7.12. The van der Waals surface area contributed by atoms with E-state index in [2.05, 4.69) is 20.8 Å². The van der Waals surface area contributed by atoms with Crippen LogP contribution in [-0.4, -0.2) is 33.0 Å². The zero-order valence-electron chi connectivity index (χ0n) is 11.9. The van der Waals surface area contributed by atoms with Crippen LogP contribution in [0.15, 0.2) is 0 Å². The molecule has 4 atom stereocenters. The number of fused-ring (bicyclic) bond motifs is 4. The molecule has 0 amide bonds. The number of quaternary nitrogens is 1. The molecule has 0 spiro atoms. The van der Waals surface area contributed by atoms with E-state index in [4.69, 9.17) is 9.31 Å². The first kappa shape index (κ1) is 11.7. The molecule has 5 fully saturated rings. The van der Waals surface area contributed by atoms with Crippen molar-refractivity contribution in [3.05, 3.63) is 0 Å². The molecule has 5 aliphatic rings. The average Bonchev–Trinajstić information content (AvgIpc) is 2.87.